The van der Waals surface area contributed by atoms with Crippen LogP contribution in [0.3, 0.4) is 0 Å². The molecule has 7 heteroatoms. The van der Waals surface area contributed by atoms with Gasteiger partial charge in [0.15, 0.2) is 0 Å². The SMILES string of the molecule is Cc1cc(OC(=O)C2CCN(C(=O)OC(C)(C)C)CC2)c2c(C)c(Cc3ccccc3)c(=O)oc2c1. The molecule has 0 atom stereocenters. The molecule has 1 aromatic heterocycles. The zero-order valence-electron chi connectivity index (χ0n) is 21.6. The third-order valence-electron chi connectivity index (χ3n) is 6.40. The van der Waals surface area contributed by atoms with Crippen molar-refractivity contribution in [2.24, 2.45) is 5.92 Å². The Balaban J connectivity index is 1.55. The molecule has 1 saturated heterocycles. The normalized spacial score (nSPS) is 14.6. The maximum absolute atomic E-state index is 13.1. The monoisotopic (exact) mass is 491 g/mol. The molecule has 0 spiro atoms. The van der Waals surface area contributed by atoms with Gasteiger partial charge in [-0.15, -0.1) is 0 Å². The largest absolute Gasteiger partial charge is 0.444 e. The number of ether oxygens (including phenoxy) is 2. The molecule has 0 saturated carbocycles. The predicted octanol–water partition coefficient (Wildman–Crippen LogP) is 5.55. The number of amides is 1. The van der Waals surface area contributed by atoms with E-state index < -0.39 is 5.60 Å². The van der Waals surface area contributed by atoms with Gasteiger partial charge in [-0.2, -0.15) is 0 Å². The maximum atomic E-state index is 13.1. The van der Waals surface area contributed by atoms with Crippen LogP contribution in [0.5, 0.6) is 5.75 Å². The fourth-order valence-electron chi connectivity index (χ4n) is 4.54. The number of rotatable bonds is 4. The lowest BCUT2D eigenvalue weighted by molar-refractivity contribution is -0.140. The number of nitrogens with zero attached hydrogens (tertiary/aromatic N) is 1. The van der Waals surface area contributed by atoms with Crippen LogP contribution in [-0.4, -0.2) is 35.7 Å². The summed E-state index contributed by atoms with van der Waals surface area (Å²) in [6, 6.07) is 13.3. The second-order valence-electron chi connectivity index (χ2n) is 10.5. The molecule has 1 aliphatic rings. The summed E-state index contributed by atoms with van der Waals surface area (Å²) in [4.78, 5) is 39.9. The molecular formula is C29H33NO6. The van der Waals surface area contributed by atoms with Crippen molar-refractivity contribution in [2.75, 3.05) is 13.1 Å². The number of carbonyl (C=O) groups excluding carboxylic acids is 2. The Morgan fingerprint density at radius 3 is 2.36 bits per heavy atom. The van der Waals surface area contributed by atoms with E-state index in [1.165, 1.54) is 0 Å². The average Bonchev–Trinajstić information content (AvgIpc) is 2.81. The molecule has 4 rings (SSSR count). The number of fused-ring (bicyclic) bond motifs is 1. The minimum atomic E-state index is -0.564. The fourth-order valence-corrected chi connectivity index (χ4v) is 4.54. The van der Waals surface area contributed by atoms with Crippen LogP contribution >= 0.6 is 0 Å². The molecule has 1 amide bonds. The van der Waals surface area contributed by atoms with Gasteiger partial charge < -0.3 is 18.8 Å². The lowest BCUT2D eigenvalue weighted by Crippen LogP contribution is -2.43. The molecule has 2 heterocycles. The van der Waals surface area contributed by atoms with Gasteiger partial charge in [0, 0.05) is 25.1 Å². The fraction of sp³-hybridized carbons (Fsp3) is 0.414. The first-order valence-corrected chi connectivity index (χ1v) is 12.3. The van der Waals surface area contributed by atoms with Crippen LogP contribution in [0.2, 0.25) is 0 Å². The Morgan fingerprint density at radius 1 is 1.06 bits per heavy atom. The third-order valence-corrected chi connectivity index (χ3v) is 6.40. The first kappa shape index (κ1) is 25.5. The van der Waals surface area contributed by atoms with E-state index in [1.54, 1.807) is 17.0 Å². The molecule has 1 fully saturated rings. The number of hydrogen-bond acceptors (Lipinski definition) is 6. The van der Waals surface area contributed by atoms with Crippen molar-refractivity contribution in [2.45, 2.75) is 59.5 Å². The standard InChI is InChI=1S/C29H33NO6/c1-18-15-23(34-26(31)21-11-13-30(14-12-21)28(33)36-29(3,4)5)25-19(2)22(27(32)35-24(25)16-18)17-20-9-7-6-8-10-20/h6-10,15-16,21H,11-14,17H2,1-5H3. The van der Waals surface area contributed by atoms with E-state index in [-0.39, 0.29) is 23.6 Å². The van der Waals surface area contributed by atoms with Crippen LogP contribution in [0.25, 0.3) is 11.0 Å². The minimum absolute atomic E-state index is 0.334. The second-order valence-corrected chi connectivity index (χ2v) is 10.5. The van der Waals surface area contributed by atoms with Gasteiger partial charge in [0.2, 0.25) is 0 Å². The molecule has 0 radical (unpaired) electrons. The molecule has 190 valence electrons. The third kappa shape index (κ3) is 5.78. The van der Waals surface area contributed by atoms with Crippen LogP contribution in [0.15, 0.2) is 51.7 Å². The molecule has 1 aliphatic heterocycles. The number of benzene rings is 2. The van der Waals surface area contributed by atoms with Gasteiger partial charge in [-0.25, -0.2) is 9.59 Å². The Kier molecular flexibility index (Phi) is 7.20. The maximum Gasteiger partial charge on any atom is 0.410 e. The van der Waals surface area contributed by atoms with Gasteiger partial charge in [0.05, 0.1) is 11.3 Å². The lowest BCUT2D eigenvalue weighted by Gasteiger charge is -2.32. The van der Waals surface area contributed by atoms with Gasteiger partial charge >= 0.3 is 17.7 Å². The van der Waals surface area contributed by atoms with E-state index in [4.69, 9.17) is 13.9 Å². The summed E-state index contributed by atoms with van der Waals surface area (Å²) in [7, 11) is 0. The molecular weight excluding hydrogens is 458 g/mol. The van der Waals surface area contributed by atoms with Crippen molar-refractivity contribution in [1.82, 2.24) is 4.90 Å². The summed E-state index contributed by atoms with van der Waals surface area (Å²) < 4.78 is 17.0. The number of esters is 1. The van der Waals surface area contributed by atoms with Gasteiger partial charge in [0.25, 0.3) is 0 Å². The molecule has 0 unspecified atom stereocenters. The van der Waals surface area contributed by atoms with Crippen molar-refractivity contribution >= 4 is 23.0 Å². The molecule has 36 heavy (non-hydrogen) atoms. The summed E-state index contributed by atoms with van der Waals surface area (Å²) in [5.74, 6) is -0.292. The highest BCUT2D eigenvalue weighted by Crippen LogP contribution is 2.33. The Bertz CT molecular complexity index is 1330. The molecule has 0 N–H and O–H groups in total. The van der Waals surface area contributed by atoms with Gasteiger partial charge in [0.1, 0.15) is 16.9 Å². The molecule has 0 aliphatic carbocycles. The van der Waals surface area contributed by atoms with Crippen molar-refractivity contribution in [3.8, 4) is 5.75 Å². The van der Waals surface area contributed by atoms with Gasteiger partial charge in [-0.05, 0) is 76.3 Å². The first-order chi connectivity index (χ1) is 17.0. The van der Waals surface area contributed by atoms with Crippen LogP contribution in [0.1, 0.15) is 55.9 Å². The number of carbonyl (C=O) groups is 2. The summed E-state index contributed by atoms with van der Waals surface area (Å²) in [6.45, 7) is 10.1. The van der Waals surface area contributed by atoms with E-state index in [2.05, 4.69) is 0 Å². The summed E-state index contributed by atoms with van der Waals surface area (Å²) in [6.07, 6.45) is 1.05. The van der Waals surface area contributed by atoms with Gasteiger partial charge in [-0.1, -0.05) is 30.3 Å². The van der Waals surface area contributed by atoms with Crippen LogP contribution < -0.4 is 10.4 Å². The molecule has 3 aromatic rings. The number of hydrogen-bond donors (Lipinski definition) is 0. The van der Waals surface area contributed by atoms with Crippen LogP contribution in [-0.2, 0) is 16.0 Å². The van der Waals surface area contributed by atoms with Crippen LogP contribution in [0, 0.1) is 19.8 Å². The Morgan fingerprint density at radius 2 is 1.72 bits per heavy atom. The van der Waals surface area contributed by atoms with Crippen molar-refractivity contribution in [3.05, 3.63) is 75.1 Å². The number of likely N-dealkylation sites (tertiary alicyclic amines) is 1. The zero-order valence-corrected chi connectivity index (χ0v) is 21.6. The lowest BCUT2D eigenvalue weighted by atomic mass is 9.96. The topological polar surface area (TPSA) is 86.0 Å². The smallest absolute Gasteiger partial charge is 0.410 e. The first-order valence-electron chi connectivity index (χ1n) is 12.3. The van der Waals surface area contributed by atoms with Crippen molar-refractivity contribution in [3.63, 3.8) is 0 Å². The van der Waals surface area contributed by atoms with Crippen molar-refractivity contribution < 1.29 is 23.5 Å². The number of piperidine rings is 1. The predicted molar refractivity (Wildman–Crippen MR) is 137 cm³/mol. The highest BCUT2D eigenvalue weighted by molar-refractivity contribution is 5.91. The van der Waals surface area contributed by atoms with E-state index in [0.717, 1.165) is 16.7 Å². The molecule has 2 aromatic carbocycles. The van der Waals surface area contributed by atoms with E-state index >= 15 is 0 Å². The second kappa shape index (κ2) is 10.2. The molecule has 7 nitrogen and oxygen atoms in total. The van der Waals surface area contributed by atoms with E-state index in [1.807, 2.05) is 65.0 Å². The Labute approximate surface area is 211 Å². The van der Waals surface area contributed by atoms with Gasteiger partial charge in [-0.3, -0.25) is 4.79 Å². The zero-order chi connectivity index (χ0) is 26.0. The number of aryl methyl sites for hydroxylation is 2. The van der Waals surface area contributed by atoms with E-state index in [9.17, 15) is 14.4 Å². The van der Waals surface area contributed by atoms with Crippen molar-refractivity contribution in [1.29, 1.82) is 0 Å². The average molecular weight is 492 g/mol. The van der Waals surface area contributed by atoms with Crippen LogP contribution in [0.4, 0.5) is 4.79 Å². The Hall–Kier alpha value is -3.61. The highest BCUT2D eigenvalue weighted by Gasteiger charge is 2.31. The molecule has 0 bridgehead atoms. The van der Waals surface area contributed by atoms with E-state index in [0.29, 0.717) is 54.6 Å². The quantitative estimate of drug-likeness (QED) is 0.270. The highest BCUT2D eigenvalue weighted by atomic mass is 16.6. The summed E-state index contributed by atoms with van der Waals surface area (Å²) in [5.41, 5.74) is 2.55. The minimum Gasteiger partial charge on any atom is -0.444 e. The summed E-state index contributed by atoms with van der Waals surface area (Å²) >= 11 is 0. The summed E-state index contributed by atoms with van der Waals surface area (Å²) in [5, 5.41) is 0.630.